The second-order valence-corrected chi connectivity index (χ2v) is 7.06. The number of amides is 1. The molecule has 6 nitrogen and oxygen atoms in total. The van der Waals surface area contributed by atoms with Gasteiger partial charge < -0.3 is 23.7 Å². The summed E-state index contributed by atoms with van der Waals surface area (Å²) < 4.78 is 16.2. The molecule has 1 saturated heterocycles. The molecule has 1 aliphatic rings. The summed E-state index contributed by atoms with van der Waals surface area (Å²) >= 11 is 0. The molecule has 1 aliphatic heterocycles. The number of carbonyl (C=O) groups excluding carboxylic acids is 1. The van der Waals surface area contributed by atoms with E-state index in [9.17, 15) is 4.79 Å². The van der Waals surface area contributed by atoms with Crippen LogP contribution in [0.25, 0.3) is 0 Å². The summed E-state index contributed by atoms with van der Waals surface area (Å²) in [6.45, 7) is 6.59. The van der Waals surface area contributed by atoms with Crippen molar-refractivity contribution in [1.29, 1.82) is 0 Å². The van der Waals surface area contributed by atoms with Crippen LogP contribution in [0.15, 0.2) is 40.8 Å². The van der Waals surface area contributed by atoms with Gasteiger partial charge in [-0.2, -0.15) is 0 Å². The van der Waals surface area contributed by atoms with Crippen LogP contribution < -0.4 is 9.64 Å². The van der Waals surface area contributed by atoms with Gasteiger partial charge in [0.15, 0.2) is 5.76 Å². The average Bonchev–Trinajstić information content (AvgIpc) is 3.09. The largest absolute Gasteiger partial charge is 0.495 e. The lowest BCUT2D eigenvalue weighted by Gasteiger charge is -2.48. The number of benzene rings is 1. The molecule has 1 aromatic carbocycles. The van der Waals surface area contributed by atoms with Crippen molar-refractivity contribution < 1.29 is 18.7 Å². The first-order valence-corrected chi connectivity index (χ1v) is 8.74. The zero-order valence-corrected chi connectivity index (χ0v) is 15.8. The number of hydrogen-bond acceptors (Lipinski definition) is 5. The van der Waals surface area contributed by atoms with Gasteiger partial charge in [-0.25, -0.2) is 0 Å². The zero-order chi connectivity index (χ0) is 18.7. The van der Waals surface area contributed by atoms with Crippen LogP contribution in [-0.4, -0.2) is 50.2 Å². The Labute approximate surface area is 154 Å². The number of methoxy groups -OCH3 is 2. The van der Waals surface area contributed by atoms with Crippen LogP contribution >= 0.6 is 0 Å². The van der Waals surface area contributed by atoms with Gasteiger partial charge in [0.1, 0.15) is 18.1 Å². The standard InChI is InChI=1S/C20H26N2O4/c1-20(2)14-21(19(23)18-10-9-15(26-18)13-24-3)11-12-22(20)16-7-5-6-8-17(16)25-4/h5-10H,11-14H2,1-4H3. The Bertz CT molecular complexity index is 769. The first kappa shape index (κ1) is 18.3. The highest BCUT2D eigenvalue weighted by atomic mass is 16.5. The maximum atomic E-state index is 12.8. The summed E-state index contributed by atoms with van der Waals surface area (Å²) in [6.07, 6.45) is 0. The molecule has 140 valence electrons. The molecule has 2 aromatic rings. The fourth-order valence-corrected chi connectivity index (χ4v) is 3.50. The van der Waals surface area contributed by atoms with E-state index in [1.54, 1.807) is 26.4 Å². The van der Waals surface area contributed by atoms with Gasteiger partial charge in [-0.05, 0) is 38.1 Å². The van der Waals surface area contributed by atoms with Crippen LogP contribution in [0, 0.1) is 0 Å². The Morgan fingerprint density at radius 1 is 1.15 bits per heavy atom. The number of para-hydroxylation sites is 2. The molecule has 0 saturated carbocycles. The van der Waals surface area contributed by atoms with Crippen molar-refractivity contribution >= 4 is 11.6 Å². The topological polar surface area (TPSA) is 55.2 Å². The van der Waals surface area contributed by atoms with Crippen LogP contribution in [-0.2, 0) is 11.3 Å². The minimum Gasteiger partial charge on any atom is -0.495 e. The van der Waals surface area contributed by atoms with Crippen LogP contribution in [0.5, 0.6) is 5.75 Å². The number of carbonyl (C=O) groups is 1. The summed E-state index contributed by atoms with van der Waals surface area (Å²) in [4.78, 5) is 17.0. The molecule has 0 atom stereocenters. The van der Waals surface area contributed by atoms with Gasteiger partial charge in [0.25, 0.3) is 5.91 Å². The minimum absolute atomic E-state index is 0.0832. The lowest BCUT2D eigenvalue weighted by molar-refractivity contribution is 0.0646. The first-order chi connectivity index (χ1) is 12.5. The van der Waals surface area contributed by atoms with E-state index in [4.69, 9.17) is 13.9 Å². The molecule has 0 spiro atoms. The van der Waals surface area contributed by atoms with Crippen LogP contribution in [0.4, 0.5) is 5.69 Å². The highest BCUT2D eigenvalue weighted by molar-refractivity contribution is 5.91. The van der Waals surface area contributed by atoms with Crippen molar-refractivity contribution in [2.24, 2.45) is 0 Å². The monoisotopic (exact) mass is 358 g/mol. The fraction of sp³-hybridized carbons (Fsp3) is 0.450. The van der Waals surface area contributed by atoms with E-state index in [-0.39, 0.29) is 11.4 Å². The Morgan fingerprint density at radius 3 is 2.62 bits per heavy atom. The zero-order valence-electron chi connectivity index (χ0n) is 15.8. The van der Waals surface area contributed by atoms with E-state index in [0.717, 1.165) is 18.0 Å². The van der Waals surface area contributed by atoms with Gasteiger partial charge in [0.05, 0.1) is 18.3 Å². The molecular weight excluding hydrogens is 332 g/mol. The van der Waals surface area contributed by atoms with Crippen LogP contribution in [0.1, 0.15) is 30.2 Å². The van der Waals surface area contributed by atoms with Crippen molar-refractivity contribution in [2.75, 3.05) is 38.8 Å². The lowest BCUT2D eigenvalue weighted by Crippen LogP contribution is -2.60. The van der Waals surface area contributed by atoms with E-state index in [1.807, 2.05) is 23.1 Å². The van der Waals surface area contributed by atoms with E-state index in [2.05, 4.69) is 24.8 Å². The Morgan fingerprint density at radius 2 is 1.92 bits per heavy atom. The van der Waals surface area contributed by atoms with Crippen molar-refractivity contribution in [2.45, 2.75) is 26.0 Å². The van der Waals surface area contributed by atoms with Crippen molar-refractivity contribution in [3.8, 4) is 5.75 Å². The molecule has 3 rings (SSSR count). The highest BCUT2D eigenvalue weighted by Crippen LogP contribution is 2.35. The van der Waals surface area contributed by atoms with Gasteiger partial charge in [-0.1, -0.05) is 12.1 Å². The quantitative estimate of drug-likeness (QED) is 0.822. The lowest BCUT2D eigenvalue weighted by atomic mass is 9.97. The molecule has 1 amide bonds. The fourth-order valence-electron chi connectivity index (χ4n) is 3.50. The molecule has 26 heavy (non-hydrogen) atoms. The van der Waals surface area contributed by atoms with Crippen LogP contribution in [0.3, 0.4) is 0 Å². The summed E-state index contributed by atoms with van der Waals surface area (Å²) in [5, 5.41) is 0. The third kappa shape index (κ3) is 3.55. The van der Waals surface area contributed by atoms with E-state index >= 15 is 0 Å². The molecule has 0 N–H and O–H groups in total. The SMILES string of the molecule is COCc1ccc(C(=O)N2CCN(c3ccccc3OC)C(C)(C)C2)o1. The smallest absolute Gasteiger partial charge is 0.289 e. The molecular formula is C20H26N2O4. The molecule has 0 bridgehead atoms. The predicted molar refractivity (Wildman–Crippen MR) is 99.7 cm³/mol. The van der Waals surface area contributed by atoms with Crippen molar-refractivity contribution in [3.63, 3.8) is 0 Å². The average molecular weight is 358 g/mol. The predicted octanol–water partition coefficient (Wildman–Crippen LogP) is 3.18. The van der Waals surface area contributed by atoms with Crippen molar-refractivity contribution in [3.05, 3.63) is 47.9 Å². The van der Waals surface area contributed by atoms with Gasteiger partial charge in [-0.15, -0.1) is 0 Å². The van der Waals surface area contributed by atoms with Crippen molar-refractivity contribution in [1.82, 2.24) is 4.90 Å². The number of nitrogens with zero attached hydrogens (tertiary/aromatic N) is 2. The Balaban J connectivity index is 1.76. The van der Waals surface area contributed by atoms with E-state index < -0.39 is 0 Å². The number of anilines is 1. The summed E-state index contributed by atoms with van der Waals surface area (Å²) in [6, 6.07) is 11.5. The molecule has 1 aromatic heterocycles. The molecule has 0 unspecified atom stereocenters. The van der Waals surface area contributed by atoms with E-state index in [0.29, 0.717) is 31.2 Å². The van der Waals surface area contributed by atoms with Gasteiger partial charge >= 0.3 is 0 Å². The minimum atomic E-state index is -0.232. The van der Waals surface area contributed by atoms with Crippen LogP contribution in [0.2, 0.25) is 0 Å². The number of hydrogen-bond donors (Lipinski definition) is 0. The number of piperazine rings is 1. The molecule has 2 heterocycles. The molecule has 0 aliphatic carbocycles. The second-order valence-electron chi connectivity index (χ2n) is 7.06. The summed E-state index contributed by atoms with van der Waals surface area (Å²) in [5.74, 6) is 1.78. The summed E-state index contributed by atoms with van der Waals surface area (Å²) in [7, 11) is 3.28. The third-order valence-electron chi connectivity index (χ3n) is 4.72. The number of rotatable bonds is 5. The van der Waals surface area contributed by atoms with Gasteiger partial charge in [0, 0.05) is 26.7 Å². The van der Waals surface area contributed by atoms with E-state index in [1.165, 1.54) is 0 Å². The maximum absolute atomic E-state index is 12.8. The number of ether oxygens (including phenoxy) is 2. The molecule has 1 fully saturated rings. The normalized spacial score (nSPS) is 16.6. The Hall–Kier alpha value is -2.47. The molecule has 0 radical (unpaired) electrons. The van der Waals surface area contributed by atoms with Gasteiger partial charge in [-0.3, -0.25) is 4.79 Å². The second kappa shape index (κ2) is 7.41. The van der Waals surface area contributed by atoms with Gasteiger partial charge in [0.2, 0.25) is 0 Å². The highest BCUT2D eigenvalue weighted by Gasteiger charge is 2.37. The Kier molecular flexibility index (Phi) is 5.23. The third-order valence-corrected chi connectivity index (χ3v) is 4.72. The summed E-state index contributed by atoms with van der Waals surface area (Å²) in [5.41, 5.74) is 0.817. The maximum Gasteiger partial charge on any atom is 0.289 e. The number of furan rings is 1. The first-order valence-electron chi connectivity index (χ1n) is 8.74. The molecule has 6 heteroatoms.